The highest BCUT2D eigenvalue weighted by atomic mass is 16.3. The van der Waals surface area contributed by atoms with Crippen LogP contribution in [0.4, 0.5) is 0 Å². The number of hydrogen-bond acceptors (Lipinski definition) is 3. The Morgan fingerprint density at radius 3 is 3.00 bits per heavy atom. The lowest BCUT2D eigenvalue weighted by atomic mass is 10.3. The normalized spacial score (nSPS) is 10.8. The van der Waals surface area contributed by atoms with E-state index in [1.165, 1.54) is 6.20 Å². The van der Waals surface area contributed by atoms with Crippen LogP contribution in [0.15, 0.2) is 18.3 Å². The Kier molecular flexibility index (Phi) is 1.48. The zero-order chi connectivity index (χ0) is 8.55. The fourth-order valence-corrected chi connectivity index (χ4v) is 1.15. The van der Waals surface area contributed by atoms with Gasteiger partial charge in [-0.15, -0.1) is 0 Å². The average Bonchev–Trinajstić information content (AvgIpc) is 2.46. The Morgan fingerprint density at radius 2 is 2.25 bits per heavy atom. The second-order valence-electron chi connectivity index (χ2n) is 2.58. The van der Waals surface area contributed by atoms with Crippen molar-refractivity contribution < 1.29 is 10.2 Å². The third kappa shape index (κ3) is 1.02. The molecule has 0 saturated carbocycles. The number of aromatic hydroxyl groups is 1. The summed E-state index contributed by atoms with van der Waals surface area (Å²) in [6.07, 6.45) is 1.36. The summed E-state index contributed by atoms with van der Waals surface area (Å²) in [6.45, 7) is -0.0445. The van der Waals surface area contributed by atoms with Crippen LogP contribution in [0.25, 0.3) is 11.0 Å². The highest BCUT2D eigenvalue weighted by molar-refractivity contribution is 5.77. The van der Waals surface area contributed by atoms with Gasteiger partial charge in [0.1, 0.15) is 11.4 Å². The Hall–Kier alpha value is -1.55. The van der Waals surface area contributed by atoms with Crippen LogP contribution in [-0.4, -0.2) is 20.2 Å². The van der Waals surface area contributed by atoms with Crippen molar-refractivity contribution in [1.82, 2.24) is 9.97 Å². The first-order valence-corrected chi connectivity index (χ1v) is 3.57. The second-order valence-corrected chi connectivity index (χ2v) is 2.58. The summed E-state index contributed by atoms with van der Waals surface area (Å²) >= 11 is 0. The summed E-state index contributed by atoms with van der Waals surface area (Å²) in [7, 11) is 0. The number of nitrogens with one attached hydrogen (secondary N) is 1. The molecule has 0 amide bonds. The number of aliphatic hydroxyl groups excluding tert-OH is 1. The van der Waals surface area contributed by atoms with Crippen LogP contribution < -0.4 is 0 Å². The van der Waals surface area contributed by atoms with Crippen LogP contribution >= 0.6 is 0 Å². The molecule has 2 rings (SSSR count). The summed E-state index contributed by atoms with van der Waals surface area (Å²) in [4.78, 5) is 6.83. The van der Waals surface area contributed by atoms with Gasteiger partial charge in [0.2, 0.25) is 0 Å². The lowest BCUT2D eigenvalue weighted by molar-refractivity contribution is 0.278. The lowest BCUT2D eigenvalue weighted by Gasteiger charge is -1.89. The average molecular weight is 164 g/mol. The van der Waals surface area contributed by atoms with Gasteiger partial charge in [0.15, 0.2) is 0 Å². The van der Waals surface area contributed by atoms with Crippen molar-refractivity contribution in [3.05, 3.63) is 24.0 Å². The predicted octanol–water partition coefficient (Wildman–Crippen LogP) is 0.761. The van der Waals surface area contributed by atoms with Gasteiger partial charge in [0.05, 0.1) is 12.8 Å². The van der Waals surface area contributed by atoms with E-state index in [1.807, 2.05) is 0 Å². The number of aliphatic hydroxyl groups is 1. The molecule has 0 fully saturated rings. The predicted molar refractivity (Wildman–Crippen MR) is 43.7 cm³/mol. The van der Waals surface area contributed by atoms with E-state index in [2.05, 4.69) is 9.97 Å². The van der Waals surface area contributed by atoms with Crippen molar-refractivity contribution >= 4 is 11.0 Å². The molecule has 12 heavy (non-hydrogen) atoms. The van der Waals surface area contributed by atoms with Crippen LogP contribution in [0.5, 0.6) is 5.75 Å². The molecule has 0 aliphatic heterocycles. The molecule has 0 aliphatic rings. The second kappa shape index (κ2) is 2.49. The summed E-state index contributed by atoms with van der Waals surface area (Å²) < 4.78 is 0. The third-order valence-electron chi connectivity index (χ3n) is 1.68. The minimum absolute atomic E-state index is 0.0445. The summed E-state index contributed by atoms with van der Waals surface area (Å²) in [6, 6.07) is 3.35. The first-order valence-electron chi connectivity index (χ1n) is 3.57. The van der Waals surface area contributed by atoms with Crippen molar-refractivity contribution in [1.29, 1.82) is 0 Å². The molecule has 0 bridgehead atoms. The van der Waals surface area contributed by atoms with Crippen molar-refractivity contribution in [3.63, 3.8) is 0 Å². The third-order valence-corrected chi connectivity index (χ3v) is 1.68. The van der Waals surface area contributed by atoms with Crippen LogP contribution in [0.1, 0.15) is 5.69 Å². The van der Waals surface area contributed by atoms with Crippen molar-refractivity contribution in [3.8, 4) is 5.75 Å². The largest absolute Gasteiger partial charge is 0.506 e. The highest BCUT2D eigenvalue weighted by Crippen LogP contribution is 2.17. The maximum Gasteiger partial charge on any atom is 0.137 e. The number of pyridine rings is 1. The van der Waals surface area contributed by atoms with E-state index < -0.39 is 0 Å². The van der Waals surface area contributed by atoms with E-state index in [-0.39, 0.29) is 12.4 Å². The maximum absolute atomic E-state index is 9.07. The van der Waals surface area contributed by atoms with Gasteiger partial charge in [-0.2, -0.15) is 0 Å². The number of H-pyrrole nitrogens is 1. The monoisotopic (exact) mass is 164 g/mol. The van der Waals surface area contributed by atoms with Gasteiger partial charge in [0, 0.05) is 11.1 Å². The minimum atomic E-state index is -0.0445. The molecule has 0 aliphatic carbocycles. The number of rotatable bonds is 1. The fraction of sp³-hybridized carbons (Fsp3) is 0.125. The first-order chi connectivity index (χ1) is 5.79. The molecular weight excluding hydrogens is 156 g/mol. The molecule has 2 aromatic rings. The van der Waals surface area contributed by atoms with E-state index in [1.54, 1.807) is 12.1 Å². The number of fused-ring (bicyclic) bond motifs is 1. The van der Waals surface area contributed by atoms with Crippen LogP contribution in [0.2, 0.25) is 0 Å². The molecule has 4 nitrogen and oxygen atoms in total. The van der Waals surface area contributed by atoms with E-state index >= 15 is 0 Å². The molecule has 3 N–H and O–H groups in total. The Morgan fingerprint density at radius 1 is 1.42 bits per heavy atom. The van der Waals surface area contributed by atoms with Gasteiger partial charge in [-0.1, -0.05) is 0 Å². The smallest absolute Gasteiger partial charge is 0.137 e. The van der Waals surface area contributed by atoms with Gasteiger partial charge in [-0.05, 0) is 12.1 Å². The topological polar surface area (TPSA) is 69.1 Å². The molecule has 2 aromatic heterocycles. The molecule has 0 unspecified atom stereocenters. The number of nitrogens with zero attached hydrogens (tertiary/aromatic N) is 1. The van der Waals surface area contributed by atoms with E-state index in [0.717, 1.165) is 5.39 Å². The summed E-state index contributed by atoms with van der Waals surface area (Å²) in [5.41, 5.74) is 1.37. The van der Waals surface area contributed by atoms with E-state index in [0.29, 0.717) is 11.3 Å². The quantitative estimate of drug-likeness (QED) is 0.582. The molecule has 0 spiro atoms. The van der Waals surface area contributed by atoms with Gasteiger partial charge in [0.25, 0.3) is 0 Å². The van der Waals surface area contributed by atoms with Gasteiger partial charge in [-0.25, -0.2) is 4.98 Å². The van der Waals surface area contributed by atoms with Crippen molar-refractivity contribution in [2.75, 3.05) is 0 Å². The van der Waals surface area contributed by atoms with Crippen LogP contribution in [0, 0.1) is 0 Å². The van der Waals surface area contributed by atoms with E-state index in [9.17, 15) is 0 Å². The van der Waals surface area contributed by atoms with Crippen molar-refractivity contribution in [2.45, 2.75) is 6.61 Å². The lowest BCUT2D eigenvalue weighted by Crippen LogP contribution is -1.80. The Labute approximate surface area is 68.5 Å². The summed E-state index contributed by atoms with van der Waals surface area (Å²) in [5.74, 6) is 0.131. The molecule has 2 heterocycles. The number of aromatic nitrogens is 2. The molecule has 0 atom stereocenters. The Balaban J connectivity index is 2.67. The number of aromatic amines is 1. The molecular formula is C8H8N2O2. The van der Waals surface area contributed by atoms with Crippen LogP contribution in [0.3, 0.4) is 0 Å². The van der Waals surface area contributed by atoms with E-state index in [4.69, 9.17) is 10.2 Å². The number of hydrogen-bond donors (Lipinski definition) is 3. The van der Waals surface area contributed by atoms with Crippen LogP contribution in [-0.2, 0) is 6.61 Å². The van der Waals surface area contributed by atoms with Gasteiger partial charge < -0.3 is 15.2 Å². The minimum Gasteiger partial charge on any atom is -0.506 e. The van der Waals surface area contributed by atoms with Gasteiger partial charge in [-0.3, -0.25) is 0 Å². The first kappa shape index (κ1) is 7.12. The van der Waals surface area contributed by atoms with Crippen molar-refractivity contribution in [2.24, 2.45) is 0 Å². The molecule has 4 heteroatoms. The Bertz CT molecular complexity index is 408. The zero-order valence-corrected chi connectivity index (χ0v) is 6.28. The van der Waals surface area contributed by atoms with Gasteiger partial charge >= 0.3 is 0 Å². The maximum atomic E-state index is 9.07. The SMILES string of the molecule is OCc1cc2cc(O)cnc2[nH]1. The summed E-state index contributed by atoms with van der Waals surface area (Å²) in [5, 5.41) is 18.7. The molecule has 0 aromatic carbocycles. The standard InChI is InChI=1S/C8H8N2O2/c11-4-6-1-5-2-7(12)3-9-8(5)10-6/h1-3,11-12H,4H2,(H,9,10). The fourth-order valence-electron chi connectivity index (χ4n) is 1.15. The molecule has 0 radical (unpaired) electrons. The zero-order valence-electron chi connectivity index (χ0n) is 6.28. The highest BCUT2D eigenvalue weighted by Gasteiger charge is 2.00. The molecule has 62 valence electrons. The molecule has 0 saturated heterocycles.